The van der Waals surface area contributed by atoms with E-state index in [2.05, 4.69) is 11.5 Å². The Morgan fingerprint density at radius 3 is 2.64 bits per heavy atom. The second kappa shape index (κ2) is 5.06. The molecule has 3 saturated heterocycles. The zero-order valence-electron chi connectivity index (χ0n) is 12.5. The Labute approximate surface area is 130 Å². The summed E-state index contributed by atoms with van der Waals surface area (Å²) in [5.41, 5.74) is 0.699. The van der Waals surface area contributed by atoms with Gasteiger partial charge in [0.1, 0.15) is 0 Å². The van der Waals surface area contributed by atoms with Gasteiger partial charge in [-0.3, -0.25) is 14.5 Å². The van der Waals surface area contributed by atoms with Crippen LogP contribution in [0.3, 0.4) is 0 Å². The lowest BCUT2D eigenvalue weighted by molar-refractivity contribution is -0.124. The third-order valence-corrected chi connectivity index (χ3v) is 5.44. The number of piperidine rings is 1. The van der Waals surface area contributed by atoms with Crippen molar-refractivity contribution >= 4 is 17.5 Å². The molecule has 114 valence electrons. The van der Waals surface area contributed by atoms with Gasteiger partial charge in [0.2, 0.25) is 11.8 Å². The third-order valence-electron chi connectivity index (χ3n) is 5.44. The Bertz CT molecular complexity index is 627. The number of fused-ring (bicyclic) bond motifs is 3. The van der Waals surface area contributed by atoms with Gasteiger partial charge in [-0.1, -0.05) is 24.3 Å². The van der Waals surface area contributed by atoms with Crippen LogP contribution < -0.4 is 4.90 Å². The molecule has 1 aromatic rings. The maximum absolute atomic E-state index is 13.0. The fourth-order valence-electron chi connectivity index (χ4n) is 4.49. The smallest absolute Gasteiger partial charge is 0.239 e. The standard InChI is InChI=1S/C18H20N2O2/c1-2-12-7-6-10-19-11-14-15(16(12)19)18(22)20(17(14)21)13-8-4-3-5-9-13/h2-5,8-9,12,14-16H,1,6-7,10-11H2/t12-,14+,15+,16-/m0/s1. The van der Waals surface area contributed by atoms with Crippen molar-refractivity contribution in [3.63, 3.8) is 0 Å². The van der Waals surface area contributed by atoms with Gasteiger partial charge < -0.3 is 0 Å². The van der Waals surface area contributed by atoms with Crippen LogP contribution in [0, 0.1) is 17.8 Å². The number of hydrogen-bond donors (Lipinski definition) is 0. The van der Waals surface area contributed by atoms with Gasteiger partial charge in [-0.05, 0) is 37.4 Å². The number of hydrogen-bond acceptors (Lipinski definition) is 3. The molecule has 3 aliphatic rings. The molecule has 4 heteroatoms. The van der Waals surface area contributed by atoms with Gasteiger partial charge in [0.05, 0.1) is 17.5 Å². The minimum absolute atomic E-state index is 0.0255. The number of carbonyl (C=O) groups excluding carboxylic acids is 2. The van der Waals surface area contributed by atoms with Gasteiger partial charge in [-0.15, -0.1) is 6.58 Å². The van der Waals surface area contributed by atoms with Crippen molar-refractivity contribution in [3.05, 3.63) is 43.0 Å². The predicted octanol–water partition coefficient (Wildman–Crippen LogP) is 2.07. The van der Waals surface area contributed by atoms with E-state index < -0.39 is 0 Å². The Morgan fingerprint density at radius 2 is 1.91 bits per heavy atom. The lowest BCUT2D eigenvalue weighted by Gasteiger charge is -2.37. The van der Waals surface area contributed by atoms with Crippen LogP contribution in [-0.2, 0) is 9.59 Å². The van der Waals surface area contributed by atoms with Gasteiger partial charge in [-0.25, -0.2) is 4.90 Å². The quantitative estimate of drug-likeness (QED) is 0.620. The zero-order valence-corrected chi connectivity index (χ0v) is 12.5. The number of carbonyl (C=O) groups is 2. The monoisotopic (exact) mass is 296 g/mol. The highest BCUT2D eigenvalue weighted by atomic mass is 16.2. The molecule has 3 fully saturated rings. The molecule has 0 aromatic heterocycles. The molecule has 0 spiro atoms. The van der Waals surface area contributed by atoms with Crippen molar-refractivity contribution in [2.75, 3.05) is 18.0 Å². The van der Waals surface area contributed by atoms with Gasteiger partial charge in [0.15, 0.2) is 0 Å². The van der Waals surface area contributed by atoms with E-state index in [1.807, 2.05) is 36.4 Å². The summed E-state index contributed by atoms with van der Waals surface area (Å²) in [4.78, 5) is 29.5. The molecule has 0 aliphatic carbocycles. The first-order valence-corrected chi connectivity index (χ1v) is 8.02. The normalized spacial score (nSPS) is 34.6. The van der Waals surface area contributed by atoms with Crippen molar-refractivity contribution in [1.29, 1.82) is 0 Å². The van der Waals surface area contributed by atoms with Gasteiger partial charge in [0, 0.05) is 12.6 Å². The molecule has 22 heavy (non-hydrogen) atoms. The Morgan fingerprint density at radius 1 is 1.14 bits per heavy atom. The molecule has 0 unspecified atom stereocenters. The van der Waals surface area contributed by atoms with Crippen LogP contribution in [0.4, 0.5) is 5.69 Å². The molecule has 0 N–H and O–H groups in total. The minimum atomic E-state index is -0.198. The van der Waals surface area contributed by atoms with E-state index in [1.165, 1.54) is 4.90 Å². The van der Waals surface area contributed by atoms with E-state index in [0.717, 1.165) is 19.4 Å². The summed E-state index contributed by atoms with van der Waals surface area (Å²) >= 11 is 0. The summed E-state index contributed by atoms with van der Waals surface area (Å²) < 4.78 is 0. The van der Waals surface area contributed by atoms with Crippen LogP contribution in [0.5, 0.6) is 0 Å². The van der Waals surface area contributed by atoms with E-state index in [-0.39, 0.29) is 29.7 Å². The predicted molar refractivity (Wildman–Crippen MR) is 84.2 cm³/mol. The van der Waals surface area contributed by atoms with Gasteiger partial charge >= 0.3 is 0 Å². The van der Waals surface area contributed by atoms with E-state index >= 15 is 0 Å². The number of nitrogens with zero attached hydrogens (tertiary/aromatic N) is 2. The highest BCUT2D eigenvalue weighted by molar-refractivity contribution is 6.22. The van der Waals surface area contributed by atoms with E-state index in [0.29, 0.717) is 18.2 Å². The zero-order chi connectivity index (χ0) is 15.3. The first-order chi connectivity index (χ1) is 10.7. The number of benzene rings is 1. The number of amides is 2. The Kier molecular flexibility index (Phi) is 3.15. The van der Waals surface area contributed by atoms with Crippen molar-refractivity contribution in [2.24, 2.45) is 17.8 Å². The Hall–Kier alpha value is -1.94. The molecule has 3 aliphatic heterocycles. The molecule has 4 rings (SSSR count). The molecule has 3 heterocycles. The summed E-state index contributed by atoms with van der Waals surface area (Å²) in [5, 5.41) is 0. The van der Waals surface area contributed by atoms with Crippen molar-refractivity contribution in [1.82, 2.24) is 4.90 Å². The first-order valence-electron chi connectivity index (χ1n) is 8.02. The largest absolute Gasteiger partial charge is 0.298 e. The van der Waals surface area contributed by atoms with E-state index in [1.54, 1.807) is 0 Å². The highest BCUT2D eigenvalue weighted by Gasteiger charge is 2.59. The summed E-state index contributed by atoms with van der Waals surface area (Å²) in [6.45, 7) is 5.65. The summed E-state index contributed by atoms with van der Waals surface area (Å²) in [5.74, 6) is -0.119. The number of rotatable bonds is 2. The average molecular weight is 296 g/mol. The molecule has 4 nitrogen and oxygen atoms in total. The number of anilines is 1. The highest BCUT2D eigenvalue weighted by Crippen LogP contribution is 2.45. The fraction of sp³-hybridized carbons (Fsp3) is 0.444. The topological polar surface area (TPSA) is 40.6 Å². The molecule has 0 radical (unpaired) electrons. The van der Waals surface area contributed by atoms with Crippen molar-refractivity contribution in [2.45, 2.75) is 18.9 Å². The van der Waals surface area contributed by atoms with Crippen LogP contribution >= 0.6 is 0 Å². The van der Waals surface area contributed by atoms with Crippen molar-refractivity contribution in [3.8, 4) is 0 Å². The molecule has 0 saturated carbocycles. The molecular formula is C18H20N2O2. The summed E-state index contributed by atoms with van der Waals surface area (Å²) in [7, 11) is 0. The summed E-state index contributed by atoms with van der Waals surface area (Å²) in [6, 6.07) is 9.45. The first kappa shape index (κ1) is 13.7. The number of imide groups is 1. The second-order valence-corrected chi connectivity index (χ2v) is 6.51. The molecule has 1 aromatic carbocycles. The van der Waals surface area contributed by atoms with Crippen LogP contribution in [0.1, 0.15) is 12.8 Å². The van der Waals surface area contributed by atoms with Gasteiger partial charge in [0.25, 0.3) is 0 Å². The molecular weight excluding hydrogens is 276 g/mol. The van der Waals surface area contributed by atoms with Crippen LogP contribution in [-0.4, -0.2) is 35.8 Å². The van der Waals surface area contributed by atoms with Crippen LogP contribution in [0.25, 0.3) is 0 Å². The molecule has 0 bridgehead atoms. The molecule has 4 atom stereocenters. The summed E-state index contributed by atoms with van der Waals surface area (Å²) in [6.07, 6.45) is 4.17. The van der Waals surface area contributed by atoms with E-state index in [4.69, 9.17) is 0 Å². The lowest BCUT2D eigenvalue weighted by atomic mass is 9.81. The third kappa shape index (κ3) is 1.80. The average Bonchev–Trinajstić information content (AvgIpc) is 3.05. The van der Waals surface area contributed by atoms with Crippen LogP contribution in [0.2, 0.25) is 0 Å². The number of para-hydroxylation sites is 1. The van der Waals surface area contributed by atoms with Crippen molar-refractivity contribution < 1.29 is 9.59 Å². The fourth-order valence-corrected chi connectivity index (χ4v) is 4.49. The minimum Gasteiger partial charge on any atom is -0.298 e. The van der Waals surface area contributed by atoms with Gasteiger partial charge in [-0.2, -0.15) is 0 Å². The lowest BCUT2D eigenvalue weighted by Crippen LogP contribution is -2.47. The van der Waals surface area contributed by atoms with Crippen LogP contribution in [0.15, 0.2) is 43.0 Å². The Balaban J connectivity index is 1.70. The maximum atomic E-state index is 13.0. The molecule has 2 amide bonds. The second-order valence-electron chi connectivity index (χ2n) is 6.51. The van der Waals surface area contributed by atoms with E-state index in [9.17, 15) is 9.59 Å². The SMILES string of the molecule is C=C[C@H]1CCCN2C[C@H]3C(=O)N(c4ccccc4)C(=O)[C@H]3[C@H]12. The maximum Gasteiger partial charge on any atom is 0.239 e.